The van der Waals surface area contributed by atoms with E-state index in [1.807, 2.05) is 0 Å². The zero-order chi connectivity index (χ0) is 14.1. The molecule has 20 heavy (non-hydrogen) atoms. The van der Waals surface area contributed by atoms with E-state index in [1.165, 1.54) is 24.3 Å². The highest BCUT2D eigenvalue weighted by atomic mass is 19.1. The second kappa shape index (κ2) is 5.07. The van der Waals surface area contributed by atoms with Crippen LogP contribution in [-0.2, 0) is 0 Å². The van der Waals surface area contributed by atoms with Gasteiger partial charge in [0.05, 0.1) is 0 Å². The van der Waals surface area contributed by atoms with Gasteiger partial charge in [-0.05, 0) is 43.5 Å². The Balaban J connectivity index is 2.03. The number of amides is 1. The molecule has 4 nitrogen and oxygen atoms in total. The van der Waals surface area contributed by atoms with E-state index < -0.39 is 11.4 Å². The van der Waals surface area contributed by atoms with Gasteiger partial charge in [0, 0.05) is 18.5 Å². The molecule has 0 bridgehead atoms. The lowest BCUT2D eigenvalue weighted by atomic mass is 10.1. The first-order valence-corrected chi connectivity index (χ1v) is 6.68. The standard InChI is InChI=1S/C15H14FNO3/c16-11-4-5-13-10(8-11)9-12(15(19)20-13)14(18)17-6-2-1-3-7-17/h4-5,8-9H,1-3,6-7H2. The zero-order valence-electron chi connectivity index (χ0n) is 10.9. The number of likely N-dealkylation sites (tertiary alicyclic amines) is 1. The average Bonchev–Trinajstić information content (AvgIpc) is 2.47. The van der Waals surface area contributed by atoms with Gasteiger partial charge in [0.2, 0.25) is 0 Å². The molecule has 1 aromatic carbocycles. The number of carbonyl (C=O) groups excluding carboxylic acids is 1. The minimum atomic E-state index is -0.667. The third-order valence-electron chi connectivity index (χ3n) is 3.57. The minimum absolute atomic E-state index is 0.0231. The summed E-state index contributed by atoms with van der Waals surface area (Å²) in [4.78, 5) is 25.9. The molecule has 5 heteroatoms. The monoisotopic (exact) mass is 275 g/mol. The number of halogens is 1. The van der Waals surface area contributed by atoms with Crippen molar-refractivity contribution in [2.45, 2.75) is 19.3 Å². The SMILES string of the molecule is O=C(c1cc2cc(F)ccc2oc1=O)N1CCCCC1. The van der Waals surface area contributed by atoms with Crippen LogP contribution in [0.1, 0.15) is 29.6 Å². The largest absolute Gasteiger partial charge is 0.422 e. The highest BCUT2D eigenvalue weighted by Gasteiger charge is 2.22. The van der Waals surface area contributed by atoms with Crippen molar-refractivity contribution in [1.82, 2.24) is 4.90 Å². The van der Waals surface area contributed by atoms with Crippen LogP contribution in [0.4, 0.5) is 4.39 Å². The Morgan fingerprint density at radius 1 is 1.15 bits per heavy atom. The van der Waals surface area contributed by atoms with Crippen LogP contribution in [0, 0.1) is 5.82 Å². The van der Waals surface area contributed by atoms with E-state index in [9.17, 15) is 14.0 Å². The molecule has 1 aliphatic heterocycles. The lowest BCUT2D eigenvalue weighted by molar-refractivity contribution is 0.0720. The lowest BCUT2D eigenvalue weighted by Crippen LogP contribution is -2.37. The Morgan fingerprint density at radius 3 is 2.65 bits per heavy atom. The van der Waals surface area contributed by atoms with E-state index in [1.54, 1.807) is 4.90 Å². The summed E-state index contributed by atoms with van der Waals surface area (Å²) in [5, 5.41) is 0.421. The average molecular weight is 275 g/mol. The van der Waals surface area contributed by atoms with Crippen molar-refractivity contribution in [2.24, 2.45) is 0 Å². The molecule has 1 amide bonds. The van der Waals surface area contributed by atoms with Gasteiger partial charge in [0.25, 0.3) is 5.91 Å². The summed E-state index contributed by atoms with van der Waals surface area (Å²) in [6.45, 7) is 1.30. The Hall–Kier alpha value is -2.17. The van der Waals surface area contributed by atoms with Gasteiger partial charge in [0.1, 0.15) is 17.0 Å². The number of fused-ring (bicyclic) bond motifs is 1. The van der Waals surface area contributed by atoms with Gasteiger partial charge in [-0.2, -0.15) is 0 Å². The first kappa shape index (κ1) is 12.8. The van der Waals surface area contributed by atoms with Gasteiger partial charge >= 0.3 is 5.63 Å². The van der Waals surface area contributed by atoms with E-state index >= 15 is 0 Å². The third-order valence-corrected chi connectivity index (χ3v) is 3.57. The predicted octanol–water partition coefficient (Wildman–Crippen LogP) is 2.56. The topological polar surface area (TPSA) is 50.5 Å². The third kappa shape index (κ3) is 2.31. The molecule has 0 radical (unpaired) electrons. The molecule has 104 valence electrons. The van der Waals surface area contributed by atoms with Crippen molar-refractivity contribution in [3.8, 4) is 0 Å². The quantitative estimate of drug-likeness (QED) is 0.751. The predicted molar refractivity (Wildman–Crippen MR) is 72.2 cm³/mol. The van der Waals surface area contributed by atoms with Crippen LogP contribution in [0.15, 0.2) is 33.5 Å². The zero-order valence-corrected chi connectivity index (χ0v) is 10.9. The molecule has 1 fully saturated rings. The van der Waals surface area contributed by atoms with Gasteiger partial charge < -0.3 is 9.32 Å². The number of nitrogens with zero attached hydrogens (tertiary/aromatic N) is 1. The Bertz CT molecular complexity index is 717. The molecular formula is C15H14FNO3. The Morgan fingerprint density at radius 2 is 1.90 bits per heavy atom. The maximum atomic E-state index is 13.2. The fourth-order valence-electron chi connectivity index (χ4n) is 2.51. The molecule has 0 N–H and O–H groups in total. The molecule has 2 aromatic rings. The number of hydrogen-bond donors (Lipinski definition) is 0. The van der Waals surface area contributed by atoms with Crippen LogP contribution in [0.5, 0.6) is 0 Å². The number of hydrogen-bond acceptors (Lipinski definition) is 3. The van der Waals surface area contributed by atoms with E-state index in [2.05, 4.69) is 0 Å². The van der Waals surface area contributed by atoms with Gasteiger partial charge in [-0.3, -0.25) is 4.79 Å². The maximum absolute atomic E-state index is 13.2. The van der Waals surface area contributed by atoms with Crippen LogP contribution in [0.3, 0.4) is 0 Å². The van der Waals surface area contributed by atoms with Crippen molar-refractivity contribution in [3.05, 3.63) is 46.1 Å². The van der Waals surface area contributed by atoms with Crippen molar-refractivity contribution >= 4 is 16.9 Å². The van der Waals surface area contributed by atoms with E-state index in [4.69, 9.17) is 4.42 Å². The molecule has 0 atom stereocenters. The molecular weight excluding hydrogens is 261 g/mol. The summed E-state index contributed by atoms with van der Waals surface area (Å²) in [6.07, 6.45) is 2.99. The number of rotatable bonds is 1. The van der Waals surface area contributed by atoms with Gasteiger partial charge in [-0.15, -0.1) is 0 Å². The van der Waals surface area contributed by atoms with Gasteiger partial charge in [0.15, 0.2) is 0 Å². The van der Waals surface area contributed by atoms with E-state index in [-0.39, 0.29) is 17.1 Å². The van der Waals surface area contributed by atoms with Crippen molar-refractivity contribution in [1.29, 1.82) is 0 Å². The van der Waals surface area contributed by atoms with Crippen molar-refractivity contribution < 1.29 is 13.6 Å². The van der Waals surface area contributed by atoms with Crippen LogP contribution < -0.4 is 5.63 Å². The summed E-state index contributed by atoms with van der Waals surface area (Å²) in [5.41, 5.74) is -0.406. The molecule has 0 aliphatic carbocycles. The molecule has 1 aromatic heterocycles. The molecule has 0 saturated carbocycles. The molecule has 1 saturated heterocycles. The summed E-state index contributed by atoms with van der Waals surface area (Å²) >= 11 is 0. The van der Waals surface area contributed by atoms with Crippen LogP contribution in [-0.4, -0.2) is 23.9 Å². The smallest absolute Gasteiger partial charge is 0.349 e. The summed E-state index contributed by atoms with van der Waals surface area (Å²) in [5.74, 6) is -0.757. The number of piperidine rings is 1. The summed E-state index contributed by atoms with van der Waals surface area (Å²) in [6, 6.07) is 5.28. The van der Waals surface area contributed by atoms with Crippen LogP contribution >= 0.6 is 0 Å². The lowest BCUT2D eigenvalue weighted by Gasteiger charge is -2.26. The molecule has 1 aliphatic rings. The fourth-order valence-corrected chi connectivity index (χ4v) is 2.51. The van der Waals surface area contributed by atoms with Crippen LogP contribution in [0.25, 0.3) is 11.0 Å². The van der Waals surface area contributed by atoms with Crippen molar-refractivity contribution in [2.75, 3.05) is 13.1 Å². The molecule has 2 heterocycles. The number of benzene rings is 1. The molecule has 0 spiro atoms. The Labute approximate surface area is 114 Å². The first-order valence-electron chi connectivity index (χ1n) is 6.68. The normalized spacial score (nSPS) is 15.6. The van der Waals surface area contributed by atoms with Gasteiger partial charge in [-0.1, -0.05) is 0 Å². The van der Waals surface area contributed by atoms with Crippen LogP contribution in [0.2, 0.25) is 0 Å². The fraction of sp³-hybridized carbons (Fsp3) is 0.333. The highest BCUT2D eigenvalue weighted by molar-refractivity contribution is 5.96. The number of carbonyl (C=O) groups is 1. The minimum Gasteiger partial charge on any atom is -0.422 e. The van der Waals surface area contributed by atoms with E-state index in [0.29, 0.717) is 18.5 Å². The first-order chi connectivity index (χ1) is 9.65. The van der Waals surface area contributed by atoms with Crippen molar-refractivity contribution in [3.63, 3.8) is 0 Å². The maximum Gasteiger partial charge on any atom is 0.349 e. The second-order valence-corrected chi connectivity index (χ2v) is 4.98. The Kier molecular flexibility index (Phi) is 3.26. The highest BCUT2D eigenvalue weighted by Crippen LogP contribution is 2.17. The summed E-state index contributed by atoms with van der Waals surface area (Å²) in [7, 11) is 0. The summed E-state index contributed by atoms with van der Waals surface area (Å²) < 4.78 is 18.3. The molecule has 3 rings (SSSR count). The van der Waals surface area contributed by atoms with Gasteiger partial charge in [-0.25, -0.2) is 9.18 Å². The van der Waals surface area contributed by atoms with E-state index in [0.717, 1.165) is 19.3 Å². The molecule has 0 unspecified atom stereocenters. The second-order valence-electron chi connectivity index (χ2n) is 4.98.